The van der Waals surface area contributed by atoms with Crippen LogP contribution in [0, 0.1) is 11.6 Å². The number of amides is 1. The number of methoxy groups -OCH3 is 1. The quantitative estimate of drug-likeness (QED) is 0.759. The topological polar surface area (TPSA) is 84.6 Å². The van der Waals surface area contributed by atoms with Gasteiger partial charge in [0.1, 0.15) is 23.1 Å². The van der Waals surface area contributed by atoms with Crippen molar-refractivity contribution >= 4 is 17.3 Å². The highest BCUT2D eigenvalue weighted by Gasteiger charge is 2.16. The number of nitrogens with one attached hydrogen (secondary N) is 1. The average molecular weight is 294 g/mol. The molecule has 0 atom stereocenters. The van der Waals surface area contributed by atoms with Crippen LogP contribution in [0.1, 0.15) is 10.4 Å². The Hall–Kier alpha value is -2.83. The summed E-state index contributed by atoms with van der Waals surface area (Å²) in [4.78, 5) is 12.0. The number of ether oxygens (including phenoxy) is 1. The largest absolute Gasteiger partial charge is 0.507 e. The zero-order valence-corrected chi connectivity index (χ0v) is 11.0. The standard InChI is InChI=1S/C14H12F2N2O3/c1-21-7-2-3-13(19)8(4-7)14(20)18-12-6-11(17)9(15)5-10(12)16/h2-6,19H,17H2,1H3,(H,18,20). The van der Waals surface area contributed by atoms with Crippen LogP contribution < -0.4 is 15.8 Å². The summed E-state index contributed by atoms with van der Waals surface area (Å²) in [5, 5.41) is 11.9. The van der Waals surface area contributed by atoms with Gasteiger partial charge in [0.15, 0.2) is 0 Å². The Morgan fingerprint density at radius 3 is 2.62 bits per heavy atom. The van der Waals surface area contributed by atoms with Crippen LogP contribution in [0.15, 0.2) is 30.3 Å². The first-order chi connectivity index (χ1) is 9.92. The maximum Gasteiger partial charge on any atom is 0.259 e. The minimum atomic E-state index is -0.975. The van der Waals surface area contributed by atoms with Crippen LogP contribution in [0.25, 0.3) is 0 Å². The molecule has 0 aromatic heterocycles. The molecule has 0 aliphatic carbocycles. The van der Waals surface area contributed by atoms with Gasteiger partial charge >= 0.3 is 0 Å². The van der Waals surface area contributed by atoms with Crippen molar-refractivity contribution in [3.8, 4) is 11.5 Å². The minimum Gasteiger partial charge on any atom is -0.507 e. The normalized spacial score (nSPS) is 10.2. The lowest BCUT2D eigenvalue weighted by atomic mass is 10.1. The van der Waals surface area contributed by atoms with Gasteiger partial charge in [-0.15, -0.1) is 0 Å². The highest BCUT2D eigenvalue weighted by Crippen LogP contribution is 2.26. The molecule has 0 spiro atoms. The lowest BCUT2D eigenvalue weighted by Crippen LogP contribution is -2.14. The Morgan fingerprint density at radius 1 is 1.24 bits per heavy atom. The van der Waals surface area contributed by atoms with E-state index in [1.54, 1.807) is 0 Å². The number of carbonyl (C=O) groups excluding carboxylic acids is 1. The van der Waals surface area contributed by atoms with Crippen molar-refractivity contribution in [2.24, 2.45) is 0 Å². The number of phenolic OH excluding ortho intramolecular Hbond substituents is 1. The SMILES string of the molecule is COc1ccc(O)c(C(=O)Nc2cc(N)c(F)cc2F)c1. The molecule has 0 fully saturated rings. The van der Waals surface area contributed by atoms with E-state index < -0.39 is 17.5 Å². The fraction of sp³-hybridized carbons (Fsp3) is 0.0714. The molecule has 1 amide bonds. The van der Waals surface area contributed by atoms with E-state index in [1.807, 2.05) is 0 Å². The van der Waals surface area contributed by atoms with E-state index in [9.17, 15) is 18.7 Å². The number of nitrogen functional groups attached to an aromatic ring is 1. The summed E-state index contributed by atoms with van der Waals surface area (Å²) in [7, 11) is 1.40. The molecule has 2 aromatic rings. The Balaban J connectivity index is 2.32. The van der Waals surface area contributed by atoms with Gasteiger partial charge in [0.2, 0.25) is 0 Å². The van der Waals surface area contributed by atoms with Crippen LogP contribution in [0.5, 0.6) is 11.5 Å². The van der Waals surface area contributed by atoms with Gasteiger partial charge in [0.05, 0.1) is 24.0 Å². The molecule has 4 N–H and O–H groups in total. The average Bonchev–Trinajstić information content (AvgIpc) is 2.45. The number of carbonyl (C=O) groups is 1. The fourth-order valence-corrected chi connectivity index (χ4v) is 1.68. The third-order valence-electron chi connectivity index (χ3n) is 2.78. The summed E-state index contributed by atoms with van der Waals surface area (Å²) < 4.78 is 31.5. The van der Waals surface area contributed by atoms with Gasteiger partial charge in [-0.05, 0) is 24.3 Å². The van der Waals surface area contributed by atoms with Crippen molar-refractivity contribution in [3.63, 3.8) is 0 Å². The third-order valence-corrected chi connectivity index (χ3v) is 2.78. The highest BCUT2D eigenvalue weighted by molar-refractivity contribution is 6.06. The van der Waals surface area contributed by atoms with Gasteiger partial charge in [-0.3, -0.25) is 4.79 Å². The first-order valence-corrected chi connectivity index (χ1v) is 5.85. The van der Waals surface area contributed by atoms with E-state index in [0.29, 0.717) is 11.8 Å². The zero-order valence-electron chi connectivity index (χ0n) is 11.0. The molecule has 0 saturated carbocycles. The Kier molecular flexibility index (Phi) is 3.93. The predicted molar refractivity (Wildman–Crippen MR) is 73.4 cm³/mol. The molecular weight excluding hydrogens is 282 g/mol. The second-order valence-corrected chi connectivity index (χ2v) is 4.19. The molecule has 0 radical (unpaired) electrons. The summed E-state index contributed by atoms with van der Waals surface area (Å²) in [6.45, 7) is 0. The first kappa shape index (κ1) is 14.6. The van der Waals surface area contributed by atoms with Crippen molar-refractivity contribution in [3.05, 3.63) is 47.5 Å². The van der Waals surface area contributed by atoms with Gasteiger partial charge in [0.25, 0.3) is 5.91 Å². The highest BCUT2D eigenvalue weighted by atomic mass is 19.1. The second kappa shape index (κ2) is 5.66. The molecule has 0 aliphatic rings. The van der Waals surface area contributed by atoms with Crippen molar-refractivity contribution in [2.45, 2.75) is 0 Å². The van der Waals surface area contributed by atoms with Crippen molar-refractivity contribution in [1.29, 1.82) is 0 Å². The summed E-state index contributed by atoms with van der Waals surface area (Å²) >= 11 is 0. The van der Waals surface area contributed by atoms with Crippen LogP contribution in [-0.4, -0.2) is 18.1 Å². The Labute approximate surface area is 119 Å². The smallest absolute Gasteiger partial charge is 0.259 e. The van der Waals surface area contributed by atoms with Gasteiger partial charge in [0, 0.05) is 6.07 Å². The van der Waals surface area contributed by atoms with Gasteiger partial charge in [-0.2, -0.15) is 0 Å². The predicted octanol–water partition coefficient (Wildman–Crippen LogP) is 2.51. The van der Waals surface area contributed by atoms with E-state index in [1.165, 1.54) is 25.3 Å². The van der Waals surface area contributed by atoms with E-state index in [0.717, 1.165) is 6.07 Å². The molecule has 0 saturated heterocycles. The molecule has 2 rings (SSSR count). The summed E-state index contributed by atoms with van der Waals surface area (Å²) in [5.41, 5.74) is 4.61. The van der Waals surface area contributed by atoms with Gasteiger partial charge in [-0.1, -0.05) is 0 Å². The number of anilines is 2. The Bertz CT molecular complexity index is 705. The molecule has 0 unspecified atom stereocenters. The maximum absolute atomic E-state index is 13.6. The van der Waals surface area contributed by atoms with Crippen molar-refractivity contribution in [1.82, 2.24) is 0 Å². The first-order valence-electron chi connectivity index (χ1n) is 5.85. The molecule has 110 valence electrons. The number of hydrogen-bond donors (Lipinski definition) is 3. The van der Waals surface area contributed by atoms with Crippen LogP contribution in [0.2, 0.25) is 0 Å². The summed E-state index contributed by atoms with van der Waals surface area (Å²) in [5.74, 6) is -2.63. The number of aromatic hydroxyl groups is 1. The van der Waals surface area contributed by atoms with Crippen LogP contribution in [0.3, 0.4) is 0 Å². The minimum absolute atomic E-state index is 0.114. The van der Waals surface area contributed by atoms with Crippen molar-refractivity contribution in [2.75, 3.05) is 18.2 Å². The number of phenols is 1. The molecular formula is C14H12F2N2O3. The molecule has 5 nitrogen and oxygen atoms in total. The number of nitrogens with two attached hydrogens (primary N) is 1. The summed E-state index contributed by atoms with van der Waals surface area (Å²) in [6.07, 6.45) is 0. The maximum atomic E-state index is 13.6. The van der Waals surface area contributed by atoms with E-state index in [-0.39, 0.29) is 22.7 Å². The van der Waals surface area contributed by atoms with Crippen molar-refractivity contribution < 1.29 is 23.4 Å². The fourth-order valence-electron chi connectivity index (χ4n) is 1.68. The number of halogens is 2. The van der Waals surface area contributed by atoms with Crippen LogP contribution in [-0.2, 0) is 0 Å². The van der Waals surface area contributed by atoms with Crippen LogP contribution in [0.4, 0.5) is 20.2 Å². The number of hydrogen-bond acceptors (Lipinski definition) is 4. The van der Waals surface area contributed by atoms with Gasteiger partial charge in [-0.25, -0.2) is 8.78 Å². The molecule has 0 aliphatic heterocycles. The van der Waals surface area contributed by atoms with E-state index in [2.05, 4.69) is 5.32 Å². The molecule has 7 heteroatoms. The molecule has 21 heavy (non-hydrogen) atoms. The van der Waals surface area contributed by atoms with E-state index >= 15 is 0 Å². The monoisotopic (exact) mass is 294 g/mol. The Morgan fingerprint density at radius 2 is 1.95 bits per heavy atom. The molecule has 2 aromatic carbocycles. The molecule has 0 bridgehead atoms. The number of rotatable bonds is 3. The summed E-state index contributed by atoms with van der Waals surface area (Å²) in [6, 6.07) is 5.54. The number of benzene rings is 2. The lowest BCUT2D eigenvalue weighted by molar-refractivity contribution is 0.102. The van der Waals surface area contributed by atoms with Crippen LogP contribution >= 0.6 is 0 Å². The second-order valence-electron chi connectivity index (χ2n) is 4.19. The van der Waals surface area contributed by atoms with Gasteiger partial charge < -0.3 is 20.9 Å². The molecule has 0 heterocycles. The lowest BCUT2D eigenvalue weighted by Gasteiger charge is -2.10. The third kappa shape index (κ3) is 3.02. The zero-order chi connectivity index (χ0) is 15.6. The van der Waals surface area contributed by atoms with E-state index in [4.69, 9.17) is 10.5 Å².